The summed E-state index contributed by atoms with van der Waals surface area (Å²) in [5.74, 6) is 1.08. The normalized spacial score (nSPS) is 15.5. The molecule has 188 valence electrons. The van der Waals surface area contributed by atoms with Crippen LogP contribution in [-0.4, -0.2) is 61.2 Å². The Bertz CT molecular complexity index is 1140. The molecule has 0 bridgehead atoms. The molecule has 7 heteroatoms. The summed E-state index contributed by atoms with van der Waals surface area (Å²) < 4.78 is 11.4. The molecule has 0 atom stereocenters. The van der Waals surface area contributed by atoms with Crippen LogP contribution in [0.15, 0.2) is 42.5 Å². The number of anilines is 1. The largest absolute Gasteiger partial charge is 0.494 e. The molecule has 1 aliphatic heterocycles. The first-order valence-electron chi connectivity index (χ1n) is 12.3. The van der Waals surface area contributed by atoms with Crippen LogP contribution in [0.2, 0.25) is 0 Å². The van der Waals surface area contributed by atoms with Crippen molar-refractivity contribution in [3.63, 3.8) is 0 Å². The second-order valence-electron chi connectivity index (χ2n) is 10.7. The zero-order chi connectivity index (χ0) is 25.2. The Morgan fingerprint density at radius 3 is 2.49 bits per heavy atom. The van der Waals surface area contributed by atoms with Gasteiger partial charge in [0.25, 0.3) is 0 Å². The molecule has 2 aromatic carbocycles. The predicted molar refractivity (Wildman–Crippen MR) is 142 cm³/mol. The van der Waals surface area contributed by atoms with Gasteiger partial charge in [-0.15, -0.1) is 0 Å². The lowest BCUT2D eigenvalue weighted by atomic mass is 9.85. The number of likely N-dealkylation sites (tertiary alicyclic amines) is 1. The van der Waals surface area contributed by atoms with Crippen molar-refractivity contribution in [3.8, 4) is 11.6 Å². The quantitative estimate of drug-likeness (QED) is 0.482. The fourth-order valence-electron chi connectivity index (χ4n) is 4.75. The summed E-state index contributed by atoms with van der Waals surface area (Å²) in [7, 11) is 5.97. The first-order valence-corrected chi connectivity index (χ1v) is 12.3. The lowest BCUT2D eigenvalue weighted by molar-refractivity contribution is 0.139. The van der Waals surface area contributed by atoms with Crippen molar-refractivity contribution >= 4 is 22.7 Å². The molecule has 0 saturated carbocycles. The standard InChI is InChI=1S/C28H38N4O3/c1-28(2,3)21-15-20(18-32-13-11-22(12-14-32)31(4)5)26(34-6)24(17-21)30-27(33)35-25-16-19-9-7-8-10-23(19)29-25/h7-10,15-17,22,29H,11-14,18H2,1-6H3,(H,30,33). The molecule has 0 unspecified atom stereocenters. The number of aromatic nitrogens is 1. The molecule has 0 aliphatic carbocycles. The maximum absolute atomic E-state index is 12.9. The molecule has 1 fully saturated rings. The van der Waals surface area contributed by atoms with Crippen molar-refractivity contribution in [2.75, 3.05) is 39.6 Å². The maximum atomic E-state index is 12.9. The summed E-state index contributed by atoms with van der Waals surface area (Å²) in [6.45, 7) is 9.38. The Kier molecular flexibility index (Phi) is 7.38. The third-order valence-electron chi connectivity index (χ3n) is 6.86. The highest BCUT2D eigenvalue weighted by Crippen LogP contribution is 2.36. The van der Waals surface area contributed by atoms with Crippen molar-refractivity contribution in [1.29, 1.82) is 0 Å². The van der Waals surface area contributed by atoms with Crippen molar-refractivity contribution in [2.45, 2.75) is 51.6 Å². The molecular weight excluding hydrogens is 440 g/mol. The molecular formula is C28H38N4O3. The molecule has 1 aromatic heterocycles. The van der Waals surface area contributed by atoms with Crippen molar-refractivity contribution in [1.82, 2.24) is 14.8 Å². The number of methoxy groups -OCH3 is 1. The number of para-hydroxylation sites is 1. The fourth-order valence-corrected chi connectivity index (χ4v) is 4.75. The van der Waals surface area contributed by atoms with Crippen molar-refractivity contribution in [2.24, 2.45) is 0 Å². The van der Waals surface area contributed by atoms with E-state index in [1.54, 1.807) is 7.11 Å². The second-order valence-corrected chi connectivity index (χ2v) is 10.7. The van der Waals surface area contributed by atoms with E-state index >= 15 is 0 Å². The minimum absolute atomic E-state index is 0.0869. The summed E-state index contributed by atoms with van der Waals surface area (Å²) in [4.78, 5) is 20.8. The van der Waals surface area contributed by atoms with Gasteiger partial charge in [-0.2, -0.15) is 0 Å². The highest BCUT2D eigenvalue weighted by molar-refractivity contribution is 5.90. The van der Waals surface area contributed by atoms with Crippen LogP contribution in [0.5, 0.6) is 11.6 Å². The van der Waals surface area contributed by atoms with E-state index in [9.17, 15) is 4.79 Å². The van der Waals surface area contributed by atoms with Gasteiger partial charge in [0.15, 0.2) is 0 Å². The Hall–Kier alpha value is -3.03. The van der Waals surface area contributed by atoms with Gasteiger partial charge in [-0.1, -0.05) is 45.0 Å². The number of piperidine rings is 1. The summed E-state index contributed by atoms with van der Waals surface area (Å²) in [6, 6.07) is 14.5. The van der Waals surface area contributed by atoms with Crippen molar-refractivity contribution in [3.05, 3.63) is 53.6 Å². The van der Waals surface area contributed by atoms with Crippen LogP contribution in [0, 0.1) is 0 Å². The average Bonchev–Trinajstić information content (AvgIpc) is 3.20. The smallest absolute Gasteiger partial charge is 0.418 e. The van der Waals surface area contributed by atoms with Crippen LogP contribution in [0.4, 0.5) is 10.5 Å². The number of H-pyrrole nitrogens is 1. The number of ether oxygens (including phenoxy) is 2. The van der Waals surface area contributed by atoms with E-state index in [-0.39, 0.29) is 5.41 Å². The number of rotatable bonds is 6. The zero-order valence-corrected chi connectivity index (χ0v) is 21.8. The summed E-state index contributed by atoms with van der Waals surface area (Å²) in [5.41, 5.74) is 3.67. The molecule has 2 N–H and O–H groups in total. The summed E-state index contributed by atoms with van der Waals surface area (Å²) >= 11 is 0. The van der Waals surface area contributed by atoms with Crippen LogP contribution in [-0.2, 0) is 12.0 Å². The number of nitrogens with one attached hydrogen (secondary N) is 2. The number of carbonyl (C=O) groups excluding carboxylic acids is 1. The highest BCUT2D eigenvalue weighted by atomic mass is 16.6. The monoisotopic (exact) mass is 478 g/mol. The highest BCUT2D eigenvalue weighted by Gasteiger charge is 2.25. The SMILES string of the molecule is COc1c(CN2CCC(N(C)C)CC2)cc(C(C)(C)C)cc1NC(=O)Oc1cc2ccccc2[nH]1. The van der Waals surface area contributed by atoms with Gasteiger partial charge in [0.05, 0.1) is 12.8 Å². The molecule has 4 rings (SSSR count). The van der Waals surface area contributed by atoms with E-state index in [1.807, 2.05) is 36.4 Å². The van der Waals surface area contributed by atoms with E-state index in [0.29, 0.717) is 23.4 Å². The Balaban J connectivity index is 1.56. The lowest BCUT2D eigenvalue weighted by Crippen LogP contribution is -2.41. The van der Waals surface area contributed by atoms with E-state index in [1.165, 1.54) is 0 Å². The Morgan fingerprint density at radius 2 is 1.86 bits per heavy atom. The number of fused-ring (bicyclic) bond motifs is 1. The molecule has 1 saturated heterocycles. The van der Waals surface area contributed by atoms with Crippen LogP contribution in [0.1, 0.15) is 44.7 Å². The maximum Gasteiger partial charge on any atom is 0.418 e. The third kappa shape index (κ3) is 5.97. The van der Waals surface area contributed by atoms with Gasteiger partial charge in [-0.3, -0.25) is 10.2 Å². The number of aromatic amines is 1. The topological polar surface area (TPSA) is 69.8 Å². The van der Waals surface area contributed by atoms with Crippen LogP contribution in [0.3, 0.4) is 0 Å². The molecule has 1 amide bonds. The molecule has 0 spiro atoms. The number of nitrogens with zero attached hydrogens (tertiary/aromatic N) is 2. The molecule has 1 aliphatic rings. The number of carbonyl (C=O) groups is 1. The second kappa shape index (κ2) is 10.3. The molecule has 35 heavy (non-hydrogen) atoms. The zero-order valence-electron chi connectivity index (χ0n) is 21.8. The number of benzene rings is 2. The average molecular weight is 479 g/mol. The van der Waals surface area contributed by atoms with Gasteiger partial charge in [0.2, 0.25) is 5.88 Å². The van der Waals surface area contributed by atoms with Crippen LogP contribution in [0.25, 0.3) is 10.9 Å². The van der Waals surface area contributed by atoms with Crippen LogP contribution >= 0.6 is 0 Å². The number of hydrogen-bond acceptors (Lipinski definition) is 5. The third-order valence-corrected chi connectivity index (χ3v) is 6.86. The van der Waals surface area contributed by atoms with Gasteiger partial charge in [-0.05, 0) is 63.1 Å². The van der Waals surface area contributed by atoms with Gasteiger partial charge >= 0.3 is 6.09 Å². The first-order chi connectivity index (χ1) is 16.6. The minimum Gasteiger partial charge on any atom is -0.494 e. The van der Waals surface area contributed by atoms with E-state index in [2.05, 4.69) is 61.0 Å². The summed E-state index contributed by atoms with van der Waals surface area (Å²) in [5, 5.41) is 3.92. The van der Waals surface area contributed by atoms with Gasteiger partial charge in [0.1, 0.15) is 5.75 Å². The molecule has 2 heterocycles. The molecule has 3 aromatic rings. The lowest BCUT2D eigenvalue weighted by Gasteiger charge is -2.35. The Labute approximate surface area is 208 Å². The minimum atomic E-state index is -0.557. The summed E-state index contributed by atoms with van der Waals surface area (Å²) in [6.07, 6.45) is 1.74. The fraction of sp³-hybridized carbons (Fsp3) is 0.464. The van der Waals surface area contributed by atoms with E-state index in [0.717, 1.165) is 54.5 Å². The van der Waals surface area contributed by atoms with Gasteiger partial charge in [-0.25, -0.2) is 4.79 Å². The van der Waals surface area contributed by atoms with E-state index < -0.39 is 6.09 Å². The van der Waals surface area contributed by atoms with Gasteiger partial charge in [0, 0.05) is 35.1 Å². The van der Waals surface area contributed by atoms with Crippen molar-refractivity contribution < 1.29 is 14.3 Å². The first kappa shape index (κ1) is 25.1. The van der Waals surface area contributed by atoms with E-state index in [4.69, 9.17) is 9.47 Å². The van der Waals surface area contributed by atoms with Crippen LogP contribution < -0.4 is 14.8 Å². The van der Waals surface area contributed by atoms with Gasteiger partial charge < -0.3 is 19.4 Å². The molecule has 0 radical (unpaired) electrons. The molecule has 7 nitrogen and oxygen atoms in total. The number of hydrogen-bond donors (Lipinski definition) is 2. The Morgan fingerprint density at radius 1 is 1.14 bits per heavy atom. The predicted octanol–water partition coefficient (Wildman–Crippen LogP) is 5.61. The number of amides is 1.